The minimum Gasteiger partial charge on any atom is -0.349 e. The quantitative estimate of drug-likeness (QED) is 0.462. The molecule has 4 saturated carbocycles. The summed E-state index contributed by atoms with van der Waals surface area (Å²) in [5.74, 6) is 4.07. The predicted octanol–water partition coefficient (Wildman–Crippen LogP) is 5.91. The van der Waals surface area contributed by atoms with E-state index in [2.05, 4.69) is 27.7 Å². The van der Waals surface area contributed by atoms with E-state index in [1.54, 1.807) is 0 Å². The van der Waals surface area contributed by atoms with Crippen LogP contribution in [0.1, 0.15) is 91.9 Å². The Morgan fingerprint density at radius 2 is 1.68 bits per heavy atom. The molecule has 34 heavy (non-hydrogen) atoms. The second kappa shape index (κ2) is 8.01. The van der Waals surface area contributed by atoms with Crippen LogP contribution in [0.5, 0.6) is 0 Å². The molecule has 0 aromatic rings. The van der Waals surface area contributed by atoms with Crippen molar-refractivity contribution in [2.24, 2.45) is 52.3 Å². The van der Waals surface area contributed by atoms with Gasteiger partial charge in [-0.15, -0.1) is 0 Å². The third kappa shape index (κ3) is 3.56. The SMILES string of the molecule is C[C@H]1CC[C@@]2(OC1)OC1CC3C4CCC5C[C@@H](OP(=O)(O)O)CC[C@]5(C)C4CC[C@]3(C)C1[C@@H]2C. The molecule has 0 aromatic carbocycles. The minimum atomic E-state index is -4.42. The number of ether oxygens (including phenoxy) is 2. The summed E-state index contributed by atoms with van der Waals surface area (Å²) < 4.78 is 29.9. The second-order valence-corrected chi connectivity index (χ2v) is 14.9. The lowest BCUT2D eigenvalue weighted by atomic mass is 9.44. The Balaban J connectivity index is 1.20. The summed E-state index contributed by atoms with van der Waals surface area (Å²) >= 11 is 0. The van der Waals surface area contributed by atoms with E-state index in [0.29, 0.717) is 35.2 Å². The van der Waals surface area contributed by atoms with Crippen LogP contribution in [-0.2, 0) is 18.6 Å². The van der Waals surface area contributed by atoms with Crippen molar-refractivity contribution in [1.82, 2.24) is 0 Å². The molecule has 6 fully saturated rings. The lowest BCUT2D eigenvalue weighted by Crippen LogP contribution is -2.55. The fourth-order valence-corrected chi connectivity index (χ4v) is 11.1. The van der Waals surface area contributed by atoms with Gasteiger partial charge in [0.1, 0.15) is 0 Å². The van der Waals surface area contributed by atoms with Gasteiger partial charge >= 0.3 is 7.82 Å². The average molecular weight is 497 g/mol. The highest BCUT2D eigenvalue weighted by atomic mass is 31.2. The summed E-state index contributed by atoms with van der Waals surface area (Å²) in [7, 11) is -4.42. The number of hydrogen-bond acceptors (Lipinski definition) is 4. The molecule has 0 amide bonds. The van der Waals surface area contributed by atoms with E-state index in [9.17, 15) is 14.4 Å². The highest BCUT2D eigenvalue weighted by molar-refractivity contribution is 7.46. The Labute approximate surface area is 205 Å². The molecule has 2 N–H and O–H groups in total. The van der Waals surface area contributed by atoms with Gasteiger partial charge in [0.15, 0.2) is 5.79 Å². The van der Waals surface area contributed by atoms with Crippen molar-refractivity contribution in [2.45, 2.75) is 110 Å². The van der Waals surface area contributed by atoms with Crippen LogP contribution in [0.25, 0.3) is 0 Å². The zero-order valence-corrected chi connectivity index (χ0v) is 22.3. The largest absolute Gasteiger partial charge is 0.469 e. The summed E-state index contributed by atoms with van der Waals surface area (Å²) in [5.41, 5.74) is 0.609. The zero-order chi connectivity index (χ0) is 24.1. The number of fused-ring (bicyclic) bond motifs is 7. The topological polar surface area (TPSA) is 85.2 Å². The lowest BCUT2D eigenvalue weighted by Gasteiger charge is -2.61. The summed E-state index contributed by atoms with van der Waals surface area (Å²) in [6.07, 6.45) is 11.1. The first-order valence-corrected chi connectivity index (χ1v) is 15.5. The third-order valence-corrected chi connectivity index (χ3v) is 12.7. The van der Waals surface area contributed by atoms with Crippen molar-refractivity contribution in [3.05, 3.63) is 0 Å². The highest BCUT2D eigenvalue weighted by Gasteiger charge is 2.69. The Hall–Kier alpha value is 0.0300. The Morgan fingerprint density at radius 1 is 0.912 bits per heavy atom. The van der Waals surface area contributed by atoms with Gasteiger partial charge in [0.05, 0.1) is 18.8 Å². The van der Waals surface area contributed by atoms with Crippen LogP contribution in [0.3, 0.4) is 0 Å². The smallest absolute Gasteiger partial charge is 0.349 e. The van der Waals surface area contributed by atoms with Crippen LogP contribution in [0, 0.1) is 52.3 Å². The van der Waals surface area contributed by atoms with Gasteiger partial charge in [-0.2, -0.15) is 0 Å². The van der Waals surface area contributed by atoms with Gasteiger partial charge in [-0.05, 0) is 104 Å². The molecule has 194 valence electrons. The summed E-state index contributed by atoms with van der Waals surface area (Å²) in [4.78, 5) is 18.6. The average Bonchev–Trinajstić information content (AvgIpc) is 3.20. The monoisotopic (exact) mass is 496 g/mol. The first-order valence-electron chi connectivity index (χ1n) is 14.0. The highest BCUT2D eigenvalue weighted by Crippen LogP contribution is 2.71. The first-order chi connectivity index (χ1) is 16.0. The lowest BCUT2D eigenvalue weighted by molar-refractivity contribution is -0.273. The fraction of sp³-hybridized carbons (Fsp3) is 1.00. The third-order valence-electron chi connectivity index (χ3n) is 12.2. The predicted molar refractivity (Wildman–Crippen MR) is 129 cm³/mol. The number of phosphoric acid groups is 1. The molecule has 6 nitrogen and oxygen atoms in total. The molecule has 6 aliphatic rings. The Kier molecular flexibility index (Phi) is 5.74. The first kappa shape index (κ1) is 24.4. The number of rotatable bonds is 2. The van der Waals surface area contributed by atoms with Gasteiger partial charge in [-0.1, -0.05) is 27.7 Å². The molecule has 2 aliphatic heterocycles. The van der Waals surface area contributed by atoms with Crippen LogP contribution in [0.15, 0.2) is 0 Å². The molecule has 12 atom stereocenters. The van der Waals surface area contributed by atoms with Crippen molar-refractivity contribution in [2.75, 3.05) is 6.61 Å². The molecule has 6 rings (SSSR count). The van der Waals surface area contributed by atoms with Crippen LogP contribution in [0.4, 0.5) is 0 Å². The summed E-state index contributed by atoms with van der Waals surface area (Å²) in [6.45, 7) is 10.6. The molecule has 4 aliphatic carbocycles. The van der Waals surface area contributed by atoms with Gasteiger partial charge in [0.2, 0.25) is 0 Å². The molecule has 6 unspecified atom stereocenters. The molecule has 2 heterocycles. The van der Waals surface area contributed by atoms with Crippen LogP contribution in [0.2, 0.25) is 0 Å². The van der Waals surface area contributed by atoms with Crippen molar-refractivity contribution < 1.29 is 28.3 Å². The van der Waals surface area contributed by atoms with Crippen molar-refractivity contribution >= 4 is 7.82 Å². The van der Waals surface area contributed by atoms with Gasteiger partial charge in [-0.25, -0.2) is 4.57 Å². The van der Waals surface area contributed by atoms with Crippen LogP contribution in [-0.4, -0.2) is 34.4 Å². The van der Waals surface area contributed by atoms with Crippen LogP contribution < -0.4 is 0 Å². The maximum Gasteiger partial charge on any atom is 0.469 e. The molecule has 1 spiro atoms. The Morgan fingerprint density at radius 3 is 2.38 bits per heavy atom. The van der Waals surface area contributed by atoms with Crippen molar-refractivity contribution in [3.63, 3.8) is 0 Å². The van der Waals surface area contributed by atoms with E-state index in [4.69, 9.17) is 14.0 Å². The zero-order valence-electron chi connectivity index (χ0n) is 21.4. The van der Waals surface area contributed by atoms with Gasteiger partial charge in [-0.3, -0.25) is 4.52 Å². The minimum absolute atomic E-state index is 0.271. The van der Waals surface area contributed by atoms with E-state index < -0.39 is 7.82 Å². The maximum absolute atomic E-state index is 11.4. The van der Waals surface area contributed by atoms with Gasteiger partial charge < -0.3 is 19.3 Å². The van der Waals surface area contributed by atoms with Crippen molar-refractivity contribution in [1.29, 1.82) is 0 Å². The molecule has 0 bridgehead atoms. The van der Waals surface area contributed by atoms with E-state index in [-0.39, 0.29) is 17.3 Å². The normalized spacial score (nSPS) is 57.1. The van der Waals surface area contributed by atoms with Crippen LogP contribution >= 0.6 is 7.82 Å². The Bertz CT molecular complexity index is 850. The fourth-order valence-electron chi connectivity index (χ4n) is 10.5. The van der Waals surface area contributed by atoms with Crippen molar-refractivity contribution in [3.8, 4) is 0 Å². The maximum atomic E-state index is 11.4. The van der Waals surface area contributed by atoms with E-state index >= 15 is 0 Å². The van der Waals surface area contributed by atoms with E-state index in [1.807, 2.05) is 0 Å². The van der Waals surface area contributed by atoms with E-state index in [1.165, 1.54) is 38.5 Å². The molecule has 7 heteroatoms. The molecular formula is C27H45O6P. The summed E-state index contributed by atoms with van der Waals surface area (Å²) in [6, 6.07) is 0. The summed E-state index contributed by atoms with van der Waals surface area (Å²) in [5, 5.41) is 0. The molecule has 0 radical (unpaired) electrons. The standard InChI is InChI=1S/C27H45O6P/c1-16-7-12-27(31-15-16)17(2)24-23(32-27)14-22-20-6-5-18-13-19(33-34(28,29)30)8-10-25(18,3)21(20)9-11-26(22,24)4/h16-24H,5-15H2,1-4H3,(H2,28,29,30)/t16-,17-,18?,19-,20?,21?,22?,23?,24?,25-,26-,27+/m0/s1. The number of hydrogen-bond donors (Lipinski definition) is 2. The molecule has 2 saturated heterocycles. The van der Waals surface area contributed by atoms with Gasteiger partial charge in [0.25, 0.3) is 0 Å². The molecular weight excluding hydrogens is 451 g/mol. The molecule has 0 aromatic heterocycles. The van der Waals surface area contributed by atoms with Gasteiger partial charge in [0, 0.05) is 12.3 Å². The second-order valence-electron chi connectivity index (χ2n) is 13.7. The number of phosphoric ester groups is 1. The van der Waals surface area contributed by atoms with E-state index in [0.717, 1.165) is 50.0 Å².